The number of carbonyl (C=O) groups excluding carboxylic acids is 2. The van der Waals surface area contributed by atoms with Crippen LogP contribution in [0.2, 0.25) is 0 Å². The molecule has 0 unspecified atom stereocenters. The Balaban J connectivity index is 1.88. The van der Waals surface area contributed by atoms with Gasteiger partial charge in [0.2, 0.25) is 5.91 Å². The Kier molecular flexibility index (Phi) is 6.16. The SMILES string of the molecule is COC(=O)CCC(=O)N1CCC(CN)(Cc2ccccc2)CC1. The van der Waals surface area contributed by atoms with Gasteiger partial charge in [-0.05, 0) is 36.8 Å². The van der Waals surface area contributed by atoms with Gasteiger partial charge >= 0.3 is 5.97 Å². The number of nitrogens with zero attached hydrogens (tertiary/aromatic N) is 1. The van der Waals surface area contributed by atoms with Crippen LogP contribution in [0.5, 0.6) is 0 Å². The van der Waals surface area contributed by atoms with Crippen molar-refractivity contribution >= 4 is 11.9 Å². The van der Waals surface area contributed by atoms with Crippen LogP contribution in [-0.2, 0) is 20.7 Å². The third-order valence-electron chi connectivity index (χ3n) is 4.80. The lowest BCUT2D eigenvalue weighted by Gasteiger charge is -2.41. The van der Waals surface area contributed by atoms with E-state index in [-0.39, 0.29) is 30.1 Å². The maximum absolute atomic E-state index is 12.2. The summed E-state index contributed by atoms with van der Waals surface area (Å²) in [5.41, 5.74) is 7.42. The molecule has 1 amide bonds. The number of methoxy groups -OCH3 is 1. The minimum absolute atomic E-state index is 0.0285. The van der Waals surface area contributed by atoms with Gasteiger partial charge < -0.3 is 15.4 Å². The van der Waals surface area contributed by atoms with Crippen molar-refractivity contribution < 1.29 is 14.3 Å². The molecule has 126 valence electrons. The van der Waals surface area contributed by atoms with E-state index in [2.05, 4.69) is 16.9 Å². The molecule has 1 aromatic rings. The van der Waals surface area contributed by atoms with Crippen molar-refractivity contribution in [3.8, 4) is 0 Å². The first-order chi connectivity index (χ1) is 11.1. The number of carbonyl (C=O) groups is 2. The Hall–Kier alpha value is -1.88. The van der Waals surface area contributed by atoms with Crippen molar-refractivity contribution in [2.45, 2.75) is 32.1 Å². The molecule has 5 nitrogen and oxygen atoms in total. The second-order valence-electron chi connectivity index (χ2n) is 6.32. The van der Waals surface area contributed by atoms with E-state index in [1.54, 1.807) is 0 Å². The monoisotopic (exact) mass is 318 g/mol. The number of amides is 1. The van der Waals surface area contributed by atoms with E-state index in [0.29, 0.717) is 19.6 Å². The predicted octanol–water partition coefficient (Wildman–Crippen LogP) is 1.75. The highest BCUT2D eigenvalue weighted by Gasteiger charge is 2.34. The third-order valence-corrected chi connectivity index (χ3v) is 4.80. The van der Waals surface area contributed by atoms with Gasteiger partial charge in [0.1, 0.15) is 0 Å². The lowest BCUT2D eigenvalue weighted by Crippen LogP contribution is -2.47. The maximum atomic E-state index is 12.2. The fourth-order valence-corrected chi connectivity index (χ4v) is 3.18. The Bertz CT molecular complexity index is 522. The number of rotatable bonds is 6. The van der Waals surface area contributed by atoms with E-state index in [1.165, 1.54) is 12.7 Å². The molecule has 0 radical (unpaired) electrons. The normalized spacial score (nSPS) is 16.9. The lowest BCUT2D eigenvalue weighted by molar-refractivity contribution is -0.144. The van der Waals surface area contributed by atoms with Gasteiger partial charge in [-0.25, -0.2) is 0 Å². The topological polar surface area (TPSA) is 72.6 Å². The van der Waals surface area contributed by atoms with E-state index in [0.717, 1.165) is 19.3 Å². The summed E-state index contributed by atoms with van der Waals surface area (Å²) in [5.74, 6) is -0.309. The minimum Gasteiger partial charge on any atom is -0.469 e. The highest BCUT2D eigenvalue weighted by atomic mass is 16.5. The van der Waals surface area contributed by atoms with Gasteiger partial charge in [-0.15, -0.1) is 0 Å². The first-order valence-electron chi connectivity index (χ1n) is 8.17. The molecule has 2 rings (SSSR count). The largest absolute Gasteiger partial charge is 0.469 e. The molecule has 1 aromatic carbocycles. The molecule has 1 aliphatic heterocycles. The Morgan fingerprint density at radius 1 is 1.17 bits per heavy atom. The number of piperidine rings is 1. The second-order valence-corrected chi connectivity index (χ2v) is 6.32. The van der Waals surface area contributed by atoms with Gasteiger partial charge in [-0.2, -0.15) is 0 Å². The summed E-state index contributed by atoms with van der Waals surface area (Å²) in [6, 6.07) is 10.4. The van der Waals surface area contributed by atoms with Crippen LogP contribution in [0.25, 0.3) is 0 Å². The summed E-state index contributed by atoms with van der Waals surface area (Å²) in [4.78, 5) is 25.2. The van der Waals surface area contributed by atoms with Crippen molar-refractivity contribution in [3.63, 3.8) is 0 Å². The molecule has 1 heterocycles. The molecule has 0 aromatic heterocycles. The molecule has 0 bridgehead atoms. The summed E-state index contributed by atoms with van der Waals surface area (Å²) in [6.07, 6.45) is 3.14. The van der Waals surface area contributed by atoms with E-state index >= 15 is 0 Å². The van der Waals surface area contributed by atoms with Crippen LogP contribution in [0.3, 0.4) is 0 Å². The molecule has 1 saturated heterocycles. The number of benzene rings is 1. The van der Waals surface area contributed by atoms with Crippen molar-refractivity contribution in [2.24, 2.45) is 11.1 Å². The van der Waals surface area contributed by atoms with Crippen LogP contribution >= 0.6 is 0 Å². The van der Waals surface area contributed by atoms with Gasteiger partial charge in [0.15, 0.2) is 0 Å². The van der Waals surface area contributed by atoms with Crippen LogP contribution in [-0.4, -0.2) is 43.5 Å². The smallest absolute Gasteiger partial charge is 0.306 e. The number of likely N-dealkylation sites (tertiary alicyclic amines) is 1. The summed E-state index contributed by atoms with van der Waals surface area (Å²) < 4.78 is 4.58. The van der Waals surface area contributed by atoms with Crippen LogP contribution in [0.4, 0.5) is 0 Å². The molecule has 2 N–H and O–H groups in total. The highest BCUT2D eigenvalue weighted by Crippen LogP contribution is 2.34. The number of nitrogens with two attached hydrogens (primary N) is 1. The van der Waals surface area contributed by atoms with E-state index in [9.17, 15) is 9.59 Å². The van der Waals surface area contributed by atoms with Crippen LogP contribution < -0.4 is 5.73 Å². The summed E-state index contributed by atoms with van der Waals surface area (Å²) >= 11 is 0. The molecule has 0 atom stereocenters. The van der Waals surface area contributed by atoms with E-state index in [1.807, 2.05) is 23.1 Å². The van der Waals surface area contributed by atoms with Crippen LogP contribution in [0, 0.1) is 5.41 Å². The molecular weight excluding hydrogens is 292 g/mol. The molecule has 0 spiro atoms. The van der Waals surface area contributed by atoms with Gasteiger partial charge in [-0.1, -0.05) is 30.3 Å². The standard InChI is InChI=1S/C18H26N2O3/c1-23-17(22)8-7-16(21)20-11-9-18(14-19,10-12-20)13-15-5-3-2-4-6-15/h2-6H,7-14,19H2,1H3. The first-order valence-corrected chi connectivity index (χ1v) is 8.17. The lowest BCUT2D eigenvalue weighted by atomic mass is 9.74. The van der Waals surface area contributed by atoms with Crippen LogP contribution in [0.15, 0.2) is 30.3 Å². The quantitative estimate of drug-likeness (QED) is 0.811. The molecule has 5 heteroatoms. The Labute approximate surface area is 137 Å². The number of ether oxygens (including phenoxy) is 1. The predicted molar refractivity (Wildman–Crippen MR) is 88.7 cm³/mol. The molecule has 1 fully saturated rings. The average Bonchev–Trinajstić information content (AvgIpc) is 2.60. The van der Waals surface area contributed by atoms with Crippen molar-refractivity contribution in [1.82, 2.24) is 4.90 Å². The van der Waals surface area contributed by atoms with E-state index in [4.69, 9.17) is 5.73 Å². The molecule has 0 saturated carbocycles. The van der Waals surface area contributed by atoms with Gasteiger partial charge in [0.05, 0.1) is 13.5 Å². The summed E-state index contributed by atoms with van der Waals surface area (Å²) in [7, 11) is 1.34. The Morgan fingerprint density at radius 2 is 1.83 bits per heavy atom. The zero-order valence-electron chi connectivity index (χ0n) is 13.8. The number of hydrogen-bond donors (Lipinski definition) is 1. The molecule has 0 aliphatic carbocycles. The summed E-state index contributed by atoms with van der Waals surface area (Å²) in [6.45, 7) is 2.06. The molecular formula is C18H26N2O3. The van der Waals surface area contributed by atoms with Crippen molar-refractivity contribution in [1.29, 1.82) is 0 Å². The zero-order valence-corrected chi connectivity index (χ0v) is 13.8. The number of esters is 1. The summed E-state index contributed by atoms with van der Waals surface area (Å²) in [5, 5.41) is 0. The van der Waals surface area contributed by atoms with E-state index < -0.39 is 0 Å². The van der Waals surface area contributed by atoms with Crippen molar-refractivity contribution in [3.05, 3.63) is 35.9 Å². The van der Waals surface area contributed by atoms with Gasteiger partial charge in [-0.3, -0.25) is 9.59 Å². The Morgan fingerprint density at radius 3 is 2.39 bits per heavy atom. The maximum Gasteiger partial charge on any atom is 0.306 e. The minimum atomic E-state index is -0.337. The van der Waals surface area contributed by atoms with Gasteiger partial charge in [0.25, 0.3) is 0 Å². The number of hydrogen-bond acceptors (Lipinski definition) is 4. The zero-order chi connectivity index (χ0) is 16.7. The highest BCUT2D eigenvalue weighted by molar-refractivity contribution is 5.81. The third kappa shape index (κ3) is 4.79. The fraction of sp³-hybridized carbons (Fsp3) is 0.556. The molecule has 1 aliphatic rings. The fourth-order valence-electron chi connectivity index (χ4n) is 3.18. The second kappa shape index (κ2) is 8.11. The van der Waals surface area contributed by atoms with Gasteiger partial charge in [0, 0.05) is 19.5 Å². The van der Waals surface area contributed by atoms with Crippen LogP contribution in [0.1, 0.15) is 31.2 Å². The van der Waals surface area contributed by atoms with Crippen molar-refractivity contribution in [2.75, 3.05) is 26.7 Å². The first kappa shape index (κ1) is 17.5. The average molecular weight is 318 g/mol. The molecule has 23 heavy (non-hydrogen) atoms.